The van der Waals surface area contributed by atoms with Gasteiger partial charge in [-0.1, -0.05) is 47.3 Å². The van der Waals surface area contributed by atoms with Gasteiger partial charge in [0.15, 0.2) is 11.0 Å². The number of aromatic nitrogens is 4. The Morgan fingerprint density at radius 1 is 1.31 bits per heavy atom. The van der Waals surface area contributed by atoms with Crippen LogP contribution < -0.4 is 5.32 Å². The molecule has 0 saturated carbocycles. The fraction of sp³-hybridized carbons (Fsp3) is 0.333. The molecule has 0 aliphatic rings. The van der Waals surface area contributed by atoms with Crippen LogP contribution in [0.15, 0.2) is 46.1 Å². The summed E-state index contributed by atoms with van der Waals surface area (Å²) in [4.78, 5) is 12.4. The molecule has 2 aromatic heterocycles. The zero-order chi connectivity index (χ0) is 18.5. The maximum absolute atomic E-state index is 12.4. The number of rotatable bonds is 7. The van der Waals surface area contributed by atoms with Gasteiger partial charge in [-0.3, -0.25) is 4.79 Å². The van der Waals surface area contributed by atoms with E-state index >= 15 is 0 Å². The van der Waals surface area contributed by atoms with Crippen LogP contribution >= 0.6 is 11.8 Å². The predicted octanol–water partition coefficient (Wildman–Crippen LogP) is 3.30. The molecule has 0 aliphatic heterocycles. The van der Waals surface area contributed by atoms with E-state index in [2.05, 4.69) is 32.8 Å². The molecule has 0 radical (unpaired) electrons. The molecule has 0 fully saturated rings. The number of carbonyl (C=O) groups is 1. The third-order valence-corrected chi connectivity index (χ3v) is 4.93. The van der Waals surface area contributed by atoms with Gasteiger partial charge in [-0.25, -0.2) is 0 Å². The summed E-state index contributed by atoms with van der Waals surface area (Å²) in [6, 6.07) is 11.8. The average molecular weight is 371 g/mol. The van der Waals surface area contributed by atoms with E-state index in [4.69, 9.17) is 4.52 Å². The third kappa shape index (κ3) is 4.32. The van der Waals surface area contributed by atoms with Crippen LogP contribution in [-0.2, 0) is 17.8 Å². The lowest BCUT2D eigenvalue weighted by molar-refractivity contribution is -0.115. The maximum Gasteiger partial charge on any atom is 0.238 e. The maximum atomic E-state index is 12.4. The molecule has 2 heterocycles. The lowest BCUT2D eigenvalue weighted by Gasteiger charge is -2.11. The van der Waals surface area contributed by atoms with Crippen molar-refractivity contribution in [3.63, 3.8) is 0 Å². The van der Waals surface area contributed by atoms with Crippen molar-refractivity contribution in [1.82, 2.24) is 19.9 Å². The van der Waals surface area contributed by atoms with Crippen molar-refractivity contribution in [1.29, 1.82) is 0 Å². The highest BCUT2D eigenvalue weighted by atomic mass is 32.2. The van der Waals surface area contributed by atoms with Gasteiger partial charge >= 0.3 is 0 Å². The normalized spacial score (nSPS) is 12.1. The van der Waals surface area contributed by atoms with Gasteiger partial charge in [-0.05, 0) is 26.3 Å². The number of benzene rings is 1. The average Bonchev–Trinajstić information content (AvgIpc) is 3.21. The highest BCUT2D eigenvalue weighted by Crippen LogP contribution is 2.24. The molecule has 1 aromatic carbocycles. The largest absolute Gasteiger partial charge is 0.360 e. The van der Waals surface area contributed by atoms with Crippen molar-refractivity contribution < 1.29 is 9.32 Å². The Kier molecular flexibility index (Phi) is 5.72. The van der Waals surface area contributed by atoms with Gasteiger partial charge in [0.2, 0.25) is 5.91 Å². The minimum Gasteiger partial charge on any atom is -0.360 e. The number of anilines is 1. The third-order valence-electron chi connectivity index (χ3n) is 3.85. The molecule has 0 spiro atoms. The first-order valence-corrected chi connectivity index (χ1v) is 9.31. The fourth-order valence-corrected chi connectivity index (χ4v) is 3.43. The van der Waals surface area contributed by atoms with Gasteiger partial charge in [0, 0.05) is 19.0 Å². The summed E-state index contributed by atoms with van der Waals surface area (Å²) in [6.45, 7) is 6.40. The first kappa shape index (κ1) is 18.2. The number of nitrogens with one attached hydrogen (secondary N) is 1. The van der Waals surface area contributed by atoms with E-state index in [1.54, 1.807) is 13.0 Å². The summed E-state index contributed by atoms with van der Waals surface area (Å²) < 4.78 is 7.01. The summed E-state index contributed by atoms with van der Waals surface area (Å²) in [6.07, 6.45) is 0.709. The van der Waals surface area contributed by atoms with Crippen LogP contribution in [0.4, 0.5) is 5.82 Å². The van der Waals surface area contributed by atoms with E-state index in [1.807, 2.05) is 36.6 Å². The Balaban J connectivity index is 1.68. The molecule has 1 N–H and O–H groups in total. The first-order valence-electron chi connectivity index (χ1n) is 8.43. The van der Waals surface area contributed by atoms with Crippen molar-refractivity contribution in [3.8, 4) is 0 Å². The Hall–Kier alpha value is -2.61. The molecule has 3 rings (SSSR count). The molecule has 1 amide bonds. The molecule has 1 unspecified atom stereocenters. The van der Waals surface area contributed by atoms with E-state index in [-0.39, 0.29) is 11.2 Å². The first-order chi connectivity index (χ1) is 12.6. The van der Waals surface area contributed by atoms with E-state index in [0.717, 1.165) is 17.5 Å². The molecular formula is C18H21N5O2S. The van der Waals surface area contributed by atoms with Gasteiger partial charge in [-0.2, -0.15) is 0 Å². The number of thioether (sulfide) groups is 1. The van der Waals surface area contributed by atoms with Crippen molar-refractivity contribution in [2.75, 3.05) is 5.32 Å². The number of hydrogen-bond acceptors (Lipinski definition) is 6. The summed E-state index contributed by atoms with van der Waals surface area (Å²) >= 11 is 1.38. The molecule has 136 valence electrons. The second-order valence-corrected chi connectivity index (χ2v) is 7.19. The molecule has 0 saturated heterocycles. The van der Waals surface area contributed by atoms with Gasteiger partial charge < -0.3 is 14.4 Å². The van der Waals surface area contributed by atoms with Crippen LogP contribution in [0.3, 0.4) is 0 Å². The molecular weight excluding hydrogens is 350 g/mol. The molecule has 7 nitrogen and oxygen atoms in total. The minimum atomic E-state index is -0.342. The van der Waals surface area contributed by atoms with Gasteiger partial charge in [0.25, 0.3) is 0 Å². The standard InChI is InChI=1S/C18H21N5O2S/c1-4-23-16(11-14-8-6-5-7-9-14)20-21-18(23)26-13(3)17(24)19-15-10-12(2)25-22-15/h5-10,13H,4,11H2,1-3H3,(H,19,22,24). The second-order valence-electron chi connectivity index (χ2n) is 5.88. The summed E-state index contributed by atoms with van der Waals surface area (Å²) in [5, 5.41) is 15.5. The van der Waals surface area contributed by atoms with Gasteiger partial charge in [0.05, 0.1) is 5.25 Å². The van der Waals surface area contributed by atoms with E-state index < -0.39 is 0 Å². The zero-order valence-electron chi connectivity index (χ0n) is 15.0. The molecule has 1 atom stereocenters. The van der Waals surface area contributed by atoms with Crippen LogP contribution in [-0.4, -0.2) is 31.1 Å². The highest BCUT2D eigenvalue weighted by Gasteiger charge is 2.20. The SMILES string of the molecule is CCn1c(Cc2ccccc2)nnc1SC(C)C(=O)Nc1cc(C)on1. The van der Waals surface area contributed by atoms with Crippen molar-refractivity contribution in [2.45, 2.75) is 44.1 Å². The topological polar surface area (TPSA) is 85.8 Å². The minimum absolute atomic E-state index is 0.154. The number of hydrogen-bond donors (Lipinski definition) is 1. The number of nitrogens with zero attached hydrogens (tertiary/aromatic N) is 4. The molecule has 3 aromatic rings. The van der Waals surface area contributed by atoms with Gasteiger partial charge in [0.1, 0.15) is 11.6 Å². The van der Waals surface area contributed by atoms with E-state index in [1.165, 1.54) is 17.3 Å². The van der Waals surface area contributed by atoms with E-state index in [0.29, 0.717) is 18.0 Å². The molecule has 0 aliphatic carbocycles. The van der Waals surface area contributed by atoms with Crippen molar-refractivity contribution in [2.24, 2.45) is 0 Å². The smallest absolute Gasteiger partial charge is 0.238 e. The van der Waals surface area contributed by atoms with Crippen molar-refractivity contribution in [3.05, 3.63) is 53.5 Å². The van der Waals surface area contributed by atoms with Crippen molar-refractivity contribution >= 4 is 23.5 Å². The monoisotopic (exact) mass is 371 g/mol. The Bertz CT molecular complexity index is 875. The molecule has 8 heteroatoms. The Morgan fingerprint density at radius 2 is 2.08 bits per heavy atom. The number of amides is 1. The van der Waals surface area contributed by atoms with E-state index in [9.17, 15) is 4.79 Å². The summed E-state index contributed by atoms with van der Waals surface area (Å²) in [7, 11) is 0. The Morgan fingerprint density at radius 3 is 2.73 bits per heavy atom. The fourth-order valence-electron chi connectivity index (χ4n) is 2.50. The highest BCUT2D eigenvalue weighted by molar-refractivity contribution is 8.00. The predicted molar refractivity (Wildman–Crippen MR) is 100 cm³/mol. The van der Waals surface area contributed by atoms with Crippen LogP contribution in [0.5, 0.6) is 0 Å². The second kappa shape index (κ2) is 8.18. The Labute approximate surface area is 156 Å². The zero-order valence-corrected chi connectivity index (χ0v) is 15.8. The molecule has 26 heavy (non-hydrogen) atoms. The summed E-state index contributed by atoms with van der Waals surface area (Å²) in [5.74, 6) is 1.80. The van der Waals surface area contributed by atoms with Crippen LogP contribution in [0.2, 0.25) is 0 Å². The summed E-state index contributed by atoms with van der Waals surface area (Å²) in [5.41, 5.74) is 1.18. The number of carbonyl (C=O) groups excluding carboxylic acids is 1. The lowest BCUT2D eigenvalue weighted by atomic mass is 10.1. The van der Waals surface area contributed by atoms with Gasteiger partial charge in [-0.15, -0.1) is 10.2 Å². The van der Waals surface area contributed by atoms with Crippen LogP contribution in [0, 0.1) is 6.92 Å². The quantitative estimate of drug-likeness (QED) is 0.641. The number of aryl methyl sites for hydroxylation is 1. The lowest BCUT2D eigenvalue weighted by Crippen LogP contribution is -2.23. The van der Waals surface area contributed by atoms with Crippen LogP contribution in [0.25, 0.3) is 0 Å². The van der Waals surface area contributed by atoms with Crippen LogP contribution in [0.1, 0.15) is 31.0 Å². The molecule has 0 bridgehead atoms.